The van der Waals surface area contributed by atoms with Gasteiger partial charge >= 0.3 is 5.97 Å². The molecule has 16 heavy (non-hydrogen) atoms. The maximum absolute atomic E-state index is 11.7. The number of anilines is 1. The molecule has 0 saturated heterocycles. The van der Waals surface area contributed by atoms with Crippen molar-refractivity contribution in [1.82, 2.24) is 4.72 Å². The third-order valence-corrected chi connectivity index (χ3v) is 4.75. The van der Waals surface area contributed by atoms with Gasteiger partial charge in [-0.05, 0) is 13.0 Å². The van der Waals surface area contributed by atoms with Gasteiger partial charge in [0.05, 0.1) is 7.11 Å². The second-order valence-electron chi connectivity index (χ2n) is 3.07. The summed E-state index contributed by atoms with van der Waals surface area (Å²) in [5, 5.41) is 1.51. The quantitative estimate of drug-likeness (QED) is 0.755. The average molecular weight is 264 g/mol. The van der Waals surface area contributed by atoms with Gasteiger partial charge in [-0.3, -0.25) is 4.79 Å². The van der Waals surface area contributed by atoms with Gasteiger partial charge in [0.15, 0.2) is 0 Å². The van der Waals surface area contributed by atoms with Crippen molar-refractivity contribution in [3.63, 3.8) is 0 Å². The van der Waals surface area contributed by atoms with Gasteiger partial charge in [-0.25, -0.2) is 8.42 Å². The summed E-state index contributed by atoms with van der Waals surface area (Å²) in [5.41, 5.74) is 5.79. The average Bonchev–Trinajstić information content (AvgIpc) is 2.63. The van der Waals surface area contributed by atoms with Crippen LogP contribution in [0.2, 0.25) is 0 Å². The van der Waals surface area contributed by atoms with Crippen LogP contribution >= 0.6 is 11.3 Å². The molecule has 6 nitrogen and oxygen atoms in total. The summed E-state index contributed by atoms with van der Waals surface area (Å²) in [5.74, 6) is -0.645. The highest BCUT2D eigenvalue weighted by atomic mass is 32.2. The van der Waals surface area contributed by atoms with E-state index in [1.165, 1.54) is 25.5 Å². The van der Waals surface area contributed by atoms with Gasteiger partial charge in [0.25, 0.3) is 10.0 Å². The molecule has 1 aromatic rings. The van der Waals surface area contributed by atoms with E-state index in [0.717, 1.165) is 11.3 Å². The van der Waals surface area contributed by atoms with Crippen LogP contribution in [-0.2, 0) is 19.6 Å². The minimum absolute atomic E-state index is 0.0701. The molecular weight excluding hydrogens is 252 g/mol. The van der Waals surface area contributed by atoms with Crippen LogP contribution in [0.15, 0.2) is 15.7 Å². The Balaban J connectivity index is 2.84. The maximum atomic E-state index is 11.7. The number of thiophene rings is 1. The normalized spacial score (nSPS) is 13.4. The van der Waals surface area contributed by atoms with Crippen LogP contribution in [0.25, 0.3) is 0 Å². The standard InChI is InChI=1S/C8H12N2O4S2/c1-5(8(11)14-2)10-16(12,13)7-3-6(9)4-15-7/h3-5,10H,9H2,1-2H3. The van der Waals surface area contributed by atoms with E-state index in [4.69, 9.17) is 5.73 Å². The molecule has 1 unspecified atom stereocenters. The fraction of sp³-hybridized carbons (Fsp3) is 0.375. The minimum Gasteiger partial charge on any atom is -0.468 e. The summed E-state index contributed by atoms with van der Waals surface area (Å²) in [7, 11) is -2.52. The van der Waals surface area contributed by atoms with E-state index in [2.05, 4.69) is 9.46 Å². The van der Waals surface area contributed by atoms with Crippen molar-refractivity contribution in [1.29, 1.82) is 0 Å². The van der Waals surface area contributed by atoms with E-state index < -0.39 is 22.0 Å². The van der Waals surface area contributed by atoms with E-state index in [9.17, 15) is 13.2 Å². The van der Waals surface area contributed by atoms with Gasteiger partial charge in [-0.1, -0.05) is 0 Å². The lowest BCUT2D eigenvalue weighted by molar-refractivity contribution is -0.142. The number of hydrogen-bond acceptors (Lipinski definition) is 6. The maximum Gasteiger partial charge on any atom is 0.323 e. The van der Waals surface area contributed by atoms with Crippen LogP contribution in [0, 0.1) is 0 Å². The second-order valence-corrected chi connectivity index (χ2v) is 5.92. The molecule has 0 bridgehead atoms. The molecule has 8 heteroatoms. The van der Waals surface area contributed by atoms with Crippen LogP contribution in [-0.4, -0.2) is 27.5 Å². The lowest BCUT2D eigenvalue weighted by Gasteiger charge is -2.10. The molecule has 0 amide bonds. The minimum atomic E-state index is -3.71. The fourth-order valence-electron chi connectivity index (χ4n) is 0.987. The van der Waals surface area contributed by atoms with Crippen molar-refractivity contribution < 1.29 is 17.9 Å². The summed E-state index contributed by atoms with van der Waals surface area (Å²) >= 11 is 0.990. The molecule has 0 radical (unpaired) electrons. The first-order valence-electron chi connectivity index (χ1n) is 4.31. The van der Waals surface area contributed by atoms with Crippen LogP contribution in [0.1, 0.15) is 6.92 Å². The Morgan fingerprint density at radius 2 is 2.25 bits per heavy atom. The fourth-order valence-corrected chi connectivity index (χ4v) is 3.28. The molecule has 0 saturated carbocycles. The number of esters is 1. The van der Waals surface area contributed by atoms with Crippen LogP contribution in [0.5, 0.6) is 0 Å². The largest absolute Gasteiger partial charge is 0.468 e. The van der Waals surface area contributed by atoms with Gasteiger partial charge < -0.3 is 10.5 Å². The Bertz CT molecular complexity index is 480. The lowest BCUT2D eigenvalue weighted by Crippen LogP contribution is -2.38. The number of nitrogens with one attached hydrogen (secondary N) is 1. The molecule has 0 aliphatic heterocycles. The Morgan fingerprint density at radius 1 is 1.62 bits per heavy atom. The SMILES string of the molecule is COC(=O)C(C)NS(=O)(=O)c1cc(N)cs1. The van der Waals surface area contributed by atoms with Gasteiger partial charge in [0.1, 0.15) is 10.3 Å². The van der Waals surface area contributed by atoms with Crippen LogP contribution in [0.3, 0.4) is 0 Å². The van der Waals surface area contributed by atoms with E-state index >= 15 is 0 Å². The zero-order chi connectivity index (χ0) is 12.3. The number of sulfonamides is 1. The van der Waals surface area contributed by atoms with E-state index in [0.29, 0.717) is 5.69 Å². The van der Waals surface area contributed by atoms with Crippen LogP contribution in [0.4, 0.5) is 5.69 Å². The second kappa shape index (κ2) is 4.81. The van der Waals surface area contributed by atoms with Crippen molar-refractivity contribution in [3.05, 3.63) is 11.4 Å². The van der Waals surface area contributed by atoms with Crippen molar-refractivity contribution in [2.45, 2.75) is 17.2 Å². The van der Waals surface area contributed by atoms with E-state index in [1.54, 1.807) is 0 Å². The third kappa shape index (κ3) is 2.94. The molecule has 90 valence electrons. The summed E-state index contributed by atoms with van der Waals surface area (Å²) in [6.45, 7) is 1.40. The first kappa shape index (κ1) is 12.9. The smallest absolute Gasteiger partial charge is 0.323 e. The molecule has 0 aromatic carbocycles. The number of carbonyl (C=O) groups is 1. The lowest BCUT2D eigenvalue weighted by atomic mass is 10.4. The van der Waals surface area contributed by atoms with Gasteiger partial charge in [0, 0.05) is 11.1 Å². The topological polar surface area (TPSA) is 98.5 Å². The first-order valence-corrected chi connectivity index (χ1v) is 6.67. The summed E-state index contributed by atoms with van der Waals surface area (Å²) in [6, 6.07) is 0.398. The van der Waals surface area contributed by atoms with Crippen molar-refractivity contribution in [3.8, 4) is 0 Å². The molecule has 0 fully saturated rings. The van der Waals surface area contributed by atoms with Gasteiger partial charge in [-0.2, -0.15) is 4.72 Å². The molecule has 0 spiro atoms. The highest BCUT2D eigenvalue weighted by Gasteiger charge is 2.23. The zero-order valence-electron chi connectivity index (χ0n) is 8.76. The molecule has 0 aliphatic rings. The number of carbonyl (C=O) groups excluding carboxylic acids is 1. The summed E-state index contributed by atoms with van der Waals surface area (Å²) < 4.78 is 30.1. The van der Waals surface area contributed by atoms with Gasteiger partial charge in [0.2, 0.25) is 0 Å². The van der Waals surface area contributed by atoms with Crippen molar-refractivity contribution >= 4 is 33.0 Å². The summed E-state index contributed by atoms with van der Waals surface area (Å²) in [4.78, 5) is 11.1. The Labute approximate surface area is 97.5 Å². The number of ether oxygens (including phenoxy) is 1. The molecule has 3 N–H and O–H groups in total. The predicted molar refractivity (Wildman–Crippen MR) is 60.5 cm³/mol. The highest BCUT2D eigenvalue weighted by Crippen LogP contribution is 2.21. The van der Waals surface area contributed by atoms with Crippen LogP contribution < -0.4 is 10.5 Å². The molecule has 1 aromatic heterocycles. The molecule has 1 atom stereocenters. The number of nitrogens with two attached hydrogens (primary N) is 1. The van der Waals surface area contributed by atoms with Gasteiger partial charge in [-0.15, -0.1) is 11.3 Å². The molecule has 1 rings (SSSR count). The molecule has 0 aliphatic carbocycles. The monoisotopic (exact) mass is 264 g/mol. The molecule has 1 heterocycles. The van der Waals surface area contributed by atoms with E-state index in [-0.39, 0.29) is 4.21 Å². The number of nitrogen functional groups attached to an aromatic ring is 1. The number of rotatable bonds is 4. The van der Waals surface area contributed by atoms with E-state index in [1.807, 2.05) is 0 Å². The Hall–Kier alpha value is -1.12. The number of methoxy groups -OCH3 is 1. The van der Waals surface area contributed by atoms with Crippen molar-refractivity contribution in [2.24, 2.45) is 0 Å². The molecular formula is C8H12N2O4S2. The zero-order valence-corrected chi connectivity index (χ0v) is 10.4. The first-order chi connectivity index (χ1) is 7.36. The van der Waals surface area contributed by atoms with Crippen molar-refractivity contribution in [2.75, 3.05) is 12.8 Å². The highest BCUT2D eigenvalue weighted by molar-refractivity contribution is 7.91. The Kier molecular flexibility index (Phi) is 3.89. The Morgan fingerprint density at radius 3 is 2.69 bits per heavy atom. The predicted octanol–water partition coefficient (Wildman–Crippen LogP) is 0.170. The third-order valence-electron chi connectivity index (χ3n) is 1.75. The summed E-state index contributed by atoms with van der Waals surface area (Å²) in [6.07, 6.45) is 0. The number of hydrogen-bond donors (Lipinski definition) is 2.